The molecule has 0 spiro atoms. The van der Waals surface area contributed by atoms with E-state index in [1.165, 1.54) is 6.21 Å². The van der Waals surface area contributed by atoms with Crippen LogP contribution in [0.2, 0.25) is 0 Å². The fourth-order valence-electron chi connectivity index (χ4n) is 4.02. The number of hydrogen-bond donors (Lipinski definition) is 1. The summed E-state index contributed by atoms with van der Waals surface area (Å²) in [6.07, 6.45) is 1.46. The first-order valence-corrected chi connectivity index (χ1v) is 12.5. The zero-order valence-electron chi connectivity index (χ0n) is 19.4. The number of benzene rings is 4. The highest BCUT2D eigenvalue weighted by molar-refractivity contribution is 14.1. The minimum atomic E-state index is -0.607. The van der Waals surface area contributed by atoms with Crippen molar-refractivity contribution in [2.24, 2.45) is 5.10 Å². The van der Waals surface area contributed by atoms with Crippen molar-refractivity contribution in [2.75, 3.05) is 6.61 Å². The van der Waals surface area contributed by atoms with E-state index in [-0.39, 0.29) is 0 Å². The molecule has 4 aromatic carbocycles. The second-order valence-corrected chi connectivity index (χ2v) is 9.19. The van der Waals surface area contributed by atoms with Crippen molar-refractivity contribution in [3.8, 4) is 11.5 Å². The molecule has 0 aliphatic heterocycles. The monoisotopic (exact) mass is 591 g/mol. The summed E-state index contributed by atoms with van der Waals surface area (Å²) in [6, 6.07) is 24.8. The van der Waals surface area contributed by atoms with Crippen LogP contribution >= 0.6 is 22.6 Å². The SMILES string of the molecule is CCOc1cc(C=Nn2c(=O)[nH]c3ccccc3c2=O)cc(I)c1OCc1cccc2ccccc12. The summed E-state index contributed by atoms with van der Waals surface area (Å²) in [6.45, 7) is 2.73. The van der Waals surface area contributed by atoms with Crippen molar-refractivity contribution >= 4 is 50.5 Å². The second kappa shape index (κ2) is 10.4. The third-order valence-corrected chi connectivity index (χ3v) is 6.49. The van der Waals surface area contributed by atoms with Gasteiger partial charge in [-0.25, -0.2) is 4.79 Å². The van der Waals surface area contributed by atoms with Crippen molar-refractivity contribution in [3.63, 3.8) is 0 Å². The lowest BCUT2D eigenvalue weighted by Gasteiger charge is -2.15. The Hall–Kier alpha value is -3.92. The maximum atomic E-state index is 12.8. The van der Waals surface area contributed by atoms with E-state index >= 15 is 0 Å². The molecular weight excluding hydrogens is 569 g/mol. The molecule has 0 aliphatic rings. The number of halogens is 1. The first-order chi connectivity index (χ1) is 17.5. The van der Waals surface area contributed by atoms with Crippen LogP contribution in [0.25, 0.3) is 21.7 Å². The summed E-state index contributed by atoms with van der Waals surface area (Å²) in [5, 5.41) is 6.84. The quantitative estimate of drug-likeness (QED) is 0.206. The van der Waals surface area contributed by atoms with E-state index in [4.69, 9.17) is 9.47 Å². The number of nitrogens with one attached hydrogen (secondary N) is 1. The minimum absolute atomic E-state index is 0.382. The fraction of sp³-hybridized carbons (Fsp3) is 0.107. The van der Waals surface area contributed by atoms with Gasteiger partial charge in [0.1, 0.15) is 6.61 Å². The van der Waals surface area contributed by atoms with Crippen LogP contribution in [0.4, 0.5) is 0 Å². The van der Waals surface area contributed by atoms with Gasteiger partial charge in [-0.15, -0.1) is 4.68 Å². The number of aromatic amines is 1. The van der Waals surface area contributed by atoms with Gasteiger partial charge in [-0.05, 0) is 75.7 Å². The Morgan fingerprint density at radius 2 is 1.69 bits per heavy atom. The number of ether oxygens (including phenoxy) is 2. The molecule has 0 aliphatic carbocycles. The Kier molecular flexibility index (Phi) is 6.86. The van der Waals surface area contributed by atoms with Gasteiger partial charge in [0.15, 0.2) is 11.5 Å². The smallest absolute Gasteiger partial charge is 0.349 e. The molecule has 8 heteroatoms. The van der Waals surface area contributed by atoms with Crippen LogP contribution in [0, 0.1) is 3.57 Å². The molecule has 0 atom stereocenters. The van der Waals surface area contributed by atoms with Gasteiger partial charge in [0.05, 0.1) is 27.3 Å². The lowest BCUT2D eigenvalue weighted by Crippen LogP contribution is -2.32. The summed E-state index contributed by atoms with van der Waals surface area (Å²) in [5.74, 6) is 1.19. The minimum Gasteiger partial charge on any atom is -0.490 e. The van der Waals surface area contributed by atoms with Crippen molar-refractivity contribution in [3.05, 3.63) is 114 Å². The van der Waals surface area contributed by atoms with E-state index in [9.17, 15) is 9.59 Å². The molecule has 5 aromatic rings. The van der Waals surface area contributed by atoms with Crippen LogP contribution in [-0.2, 0) is 6.61 Å². The summed E-state index contributed by atoms with van der Waals surface area (Å²) in [7, 11) is 0. The largest absolute Gasteiger partial charge is 0.490 e. The standard InChI is InChI=1S/C28H22IN3O4/c1-2-35-25-15-18(16-30-32-27(33)22-12-5-6-13-24(22)31-28(32)34)14-23(29)26(25)36-17-20-10-7-9-19-8-3-4-11-21(19)20/h3-16H,2,17H2,1H3,(H,31,34). The molecule has 1 aromatic heterocycles. The molecule has 7 nitrogen and oxygen atoms in total. The first kappa shape index (κ1) is 23.8. The Labute approximate surface area is 220 Å². The van der Waals surface area contributed by atoms with Crippen LogP contribution in [-0.4, -0.2) is 22.5 Å². The molecule has 0 saturated carbocycles. The highest BCUT2D eigenvalue weighted by Crippen LogP contribution is 2.35. The molecule has 1 N–H and O–H groups in total. The lowest BCUT2D eigenvalue weighted by atomic mass is 10.1. The Morgan fingerprint density at radius 3 is 2.53 bits per heavy atom. The average Bonchev–Trinajstić information content (AvgIpc) is 2.88. The number of rotatable bonds is 7. The van der Waals surface area contributed by atoms with Gasteiger partial charge in [-0.2, -0.15) is 5.10 Å². The fourth-order valence-corrected chi connectivity index (χ4v) is 4.80. The van der Waals surface area contributed by atoms with Crippen LogP contribution in [0.5, 0.6) is 11.5 Å². The maximum Gasteiger partial charge on any atom is 0.349 e. The molecular formula is C28H22IN3O4. The van der Waals surface area contributed by atoms with Gasteiger partial charge in [0.2, 0.25) is 0 Å². The lowest BCUT2D eigenvalue weighted by molar-refractivity contribution is 0.268. The predicted molar refractivity (Wildman–Crippen MR) is 150 cm³/mol. The number of para-hydroxylation sites is 1. The van der Waals surface area contributed by atoms with E-state index in [1.807, 2.05) is 31.2 Å². The molecule has 0 saturated heterocycles. The third kappa shape index (κ3) is 4.76. The van der Waals surface area contributed by atoms with Gasteiger partial charge in [0, 0.05) is 0 Å². The van der Waals surface area contributed by atoms with Gasteiger partial charge in [-0.1, -0.05) is 54.6 Å². The summed E-state index contributed by atoms with van der Waals surface area (Å²) >= 11 is 2.19. The predicted octanol–water partition coefficient (Wildman–Crippen LogP) is 5.31. The highest BCUT2D eigenvalue weighted by Gasteiger charge is 2.13. The maximum absolute atomic E-state index is 12.8. The highest BCUT2D eigenvalue weighted by atomic mass is 127. The Balaban J connectivity index is 1.46. The summed E-state index contributed by atoms with van der Waals surface area (Å²) in [5.41, 5.74) is 1.12. The summed E-state index contributed by atoms with van der Waals surface area (Å²) in [4.78, 5) is 27.9. The van der Waals surface area contributed by atoms with Gasteiger partial charge in [-0.3, -0.25) is 4.79 Å². The molecule has 0 bridgehead atoms. The average molecular weight is 591 g/mol. The van der Waals surface area contributed by atoms with Gasteiger partial charge >= 0.3 is 5.69 Å². The van der Waals surface area contributed by atoms with E-state index < -0.39 is 11.2 Å². The Bertz CT molecular complexity index is 1720. The van der Waals surface area contributed by atoms with Gasteiger partial charge in [0.25, 0.3) is 5.56 Å². The zero-order valence-corrected chi connectivity index (χ0v) is 21.6. The Morgan fingerprint density at radius 1 is 0.944 bits per heavy atom. The first-order valence-electron chi connectivity index (χ1n) is 11.4. The number of fused-ring (bicyclic) bond motifs is 2. The molecule has 36 heavy (non-hydrogen) atoms. The van der Waals surface area contributed by atoms with E-state index in [0.717, 1.165) is 24.6 Å². The molecule has 0 unspecified atom stereocenters. The topological polar surface area (TPSA) is 85.7 Å². The molecule has 0 fully saturated rings. The number of H-pyrrole nitrogens is 1. The van der Waals surface area contributed by atoms with Crippen LogP contribution in [0.3, 0.4) is 0 Å². The molecule has 0 amide bonds. The van der Waals surface area contributed by atoms with Crippen molar-refractivity contribution in [2.45, 2.75) is 13.5 Å². The van der Waals surface area contributed by atoms with Gasteiger partial charge < -0.3 is 14.5 Å². The van der Waals surface area contributed by atoms with Crippen LogP contribution < -0.4 is 20.7 Å². The van der Waals surface area contributed by atoms with Crippen molar-refractivity contribution in [1.82, 2.24) is 9.66 Å². The molecule has 0 radical (unpaired) electrons. The number of nitrogens with zero attached hydrogens (tertiary/aromatic N) is 2. The van der Waals surface area contributed by atoms with Crippen LogP contribution in [0.1, 0.15) is 18.1 Å². The zero-order chi connectivity index (χ0) is 25.1. The van der Waals surface area contributed by atoms with Crippen LogP contribution in [0.15, 0.2) is 93.6 Å². The number of aromatic nitrogens is 2. The van der Waals surface area contributed by atoms with Crippen molar-refractivity contribution in [1.29, 1.82) is 0 Å². The third-order valence-electron chi connectivity index (χ3n) is 5.69. The molecule has 5 rings (SSSR count). The second-order valence-electron chi connectivity index (χ2n) is 8.03. The molecule has 1 heterocycles. The summed E-state index contributed by atoms with van der Waals surface area (Å²) < 4.78 is 13.7. The normalized spacial score (nSPS) is 11.4. The van der Waals surface area contributed by atoms with E-state index in [2.05, 4.69) is 56.9 Å². The van der Waals surface area contributed by atoms with E-state index in [0.29, 0.717) is 41.2 Å². The molecule has 180 valence electrons. The number of hydrogen-bond acceptors (Lipinski definition) is 5. The van der Waals surface area contributed by atoms with Crippen molar-refractivity contribution < 1.29 is 9.47 Å². The van der Waals surface area contributed by atoms with E-state index in [1.54, 1.807) is 30.3 Å².